The molecule has 0 unspecified atom stereocenters. The first-order valence-electron chi connectivity index (χ1n) is 7.35. The van der Waals surface area contributed by atoms with Crippen LogP contribution in [0.25, 0.3) is 0 Å². The Morgan fingerprint density at radius 1 is 0.957 bits per heavy atom. The molecule has 1 fully saturated rings. The van der Waals surface area contributed by atoms with Crippen molar-refractivity contribution in [2.45, 2.75) is 18.9 Å². The van der Waals surface area contributed by atoms with Crippen molar-refractivity contribution >= 4 is 23.3 Å². The first-order valence-corrected chi connectivity index (χ1v) is 7.35. The third-order valence-corrected chi connectivity index (χ3v) is 3.44. The van der Waals surface area contributed by atoms with Crippen molar-refractivity contribution < 1.29 is 14.0 Å². The van der Waals surface area contributed by atoms with Gasteiger partial charge in [0, 0.05) is 17.3 Å². The van der Waals surface area contributed by atoms with Gasteiger partial charge < -0.3 is 16.0 Å². The van der Waals surface area contributed by atoms with Gasteiger partial charge in [-0.3, -0.25) is 4.79 Å². The van der Waals surface area contributed by atoms with E-state index in [2.05, 4.69) is 16.0 Å². The number of halogens is 1. The zero-order chi connectivity index (χ0) is 16.2. The van der Waals surface area contributed by atoms with E-state index in [1.54, 1.807) is 36.4 Å². The van der Waals surface area contributed by atoms with Gasteiger partial charge >= 0.3 is 6.03 Å². The molecule has 0 radical (unpaired) electrons. The van der Waals surface area contributed by atoms with E-state index >= 15 is 0 Å². The van der Waals surface area contributed by atoms with Gasteiger partial charge in [-0.15, -0.1) is 0 Å². The van der Waals surface area contributed by atoms with Crippen molar-refractivity contribution in [3.63, 3.8) is 0 Å². The summed E-state index contributed by atoms with van der Waals surface area (Å²) in [6, 6.07) is 12.2. The Balaban J connectivity index is 1.58. The van der Waals surface area contributed by atoms with Crippen LogP contribution in [0, 0.1) is 5.82 Å². The van der Waals surface area contributed by atoms with E-state index in [4.69, 9.17) is 0 Å². The summed E-state index contributed by atoms with van der Waals surface area (Å²) in [5.74, 6) is -0.621. The van der Waals surface area contributed by atoms with Crippen LogP contribution in [0.15, 0.2) is 48.5 Å². The maximum absolute atomic E-state index is 13.5. The van der Waals surface area contributed by atoms with Crippen LogP contribution in [0.3, 0.4) is 0 Å². The smallest absolute Gasteiger partial charge is 0.323 e. The normalized spacial score (nSPS) is 13.3. The summed E-state index contributed by atoms with van der Waals surface area (Å²) in [6.07, 6.45) is 2.06. The summed E-state index contributed by atoms with van der Waals surface area (Å²) in [5.41, 5.74) is 1.16. The number of benzene rings is 2. The van der Waals surface area contributed by atoms with Crippen LogP contribution >= 0.6 is 0 Å². The molecule has 0 atom stereocenters. The molecule has 2 aromatic carbocycles. The van der Waals surface area contributed by atoms with E-state index in [0.717, 1.165) is 12.8 Å². The van der Waals surface area contributed by atoms with E-state index in [9.17, 15) is 14.0 Å². The minimum absolute atomic E-state index is 0.102. The molecule has 0 spiro atoms. The zero-order valence-corrected chi connectivity index (χ0v) is 12.3. The minimum Gasteiger partial charge on any atom is -0.349 e. The summed E-state index contributed by atoms with van der Waals surface area (Å²) >= 11 is 0. The van der Waals surface area contributed by atoms with E-state index < -0.39 is 11.8 Å². The Bertz CT molecular complexity index is 727. The molecular formula is C17H16FN3O2. The van der Waals surface area contributed by atoms with Crippen LogP contribution in [0.4, 0.5) is 20.6 Å². The van der Waals surface area contributed by atoms with Gasteiger partial charge in [-0.05, 0) is 49.2 Å². The minimum atomic E-state index is -0.551. The molecule has 2 aromatic rings. The van der Waals surface area contributed by atoms with Gasteiger partial charge in [-0.25, -0.2) is 9.18 Å². The van der Waals surface area contributed by atoms with Gasteiger partial charge in [0.15, 0.2) is 0 Å². The monoisotopic (exact) mass is 313 g/mol. The zero-order valence-electron chi connectivity index (χ0n) is 12.3. The first kappa shape index (κ1) is 15.0. The summed E-state index contributed by atoms with van der Waals surface area (Å²) in [7, 11) is 0. The second-order valence-electron chi connectivity index (χ2n) is 5.38. The molecule has 23 heavy (non-hydrogen) atoms. The van der Waals surface area contributed by atoms with Gasteiger partial charge in [-0.2, -0.15) is 0 Å². The highest BCUT2D eigenvalue weighted by atomic mass is 19.1. The highest BCUT2D eigenvalue weighted by Gasteiger charge is 2.23. The van der Waals surface area contributed by atoms with E-state index in [1.165, 1.54) is 12.1 Å². The average molecular weight is 313 g/mol. The van der Waals surface area contributed by atoms with Crippen molar-refractivity contribution in [3.8, 4) is 0 Å². The maximum atomic E-state index is 13.5. The van der Waals surface area contributed by atoms with Gasteiger partial charge in [0.05, 0.1) is 5.69 Å². The molecule has 5 nitrogen and oxygen atoms in total. The molecule has 0 saturated heterocycles. The Morgan fingerprint density at radius 3 is 2.30 bits per heavy atom. The van der Waals surface area contributed by atoms with Crippen molar-refractivity contribution in [2.75, 3.05) is 10.6 Å². The molecule has 1 aliphatic carbocycles. The van der Waals surface area contributed by atoms with Crippen LogP contribution in [0.5, 0.6) is 0 Å². The average Bonchev–Trinajstić information content (AvgIpc) is 3.34. The number of urea groups is 1. The van der Waals surface area contributed by atoms with Crippen molar-refractivity contribution in [1.82, 2.24) is 5.32 Å². The van der Waals surface area contributed by atoms with Gasteiger partial charge in [0.2, 0.25) is 0 Å². The second-order valence-corrected chi connectivity index (χ2v) is 5.38. The lowest BCUT2D eigenvalue weighted by Gasteiger charge is -2.09. The second kappa shape index (κ2) is 6.48. The number of hydrogen-bond acceptors (Lipinski definition) is 2. The lowest BCUT2D eigenvalue weighted by Crippen LogP contribution is -2.25. The Kier molecular flexibility index (Phi) is 4.23. The predicted octanol–water partition coefficient (Wildman–Crippen LogP) is 3.36. The number of amides is 3. The standard InChI is InChI=1S/C17H16FN3O2/c18-14-3-1-2-4-15(14)21-17(23)20-13-7-5-11(6-8-13)16(22)19-12-9-10-12/h1-8,12H,9-10H2,(H,19,22)(H2,20,21,23). The quantitative estimate of drug-likeness (QED) is 0.810. The molecule has 3 N–H and O–H groups in total. The molecule has 3 rings (SSSR count). The van der Waals surface area contributed by atoms with E-state index in [-0.39, 0.29) is 11.6 Å². The van der Waals surface area contributed by atoms with Gasteiger partial charge in [-0.1, -0.05) is 12.1 Å². The fraction of sp³-hybridized carbons (Fsp3) is 0.176. The number of carbonyl (C=O) groups is 2. The Morgan fingerprint density at radius 2 is 1.65 bits per heavy atom. The third-order valence-electron chi connectivity index (χ3n) is 3.44. The number of anilines is 2. The highest BCUT2D eigenvalue weighted by molar-refractivity contribution is 6.00. The lowest BCUT2D eigenvalue weighted by molar-refractivity contribution is 0.0951. The Labute approximate surface area is 132 Å². The fourth-order valence-electron chi connectivity index (χ4n) is 2.05. The number of rotatable bonds is 4. The van der Waals surface area contributed by atoms with Crippen molar-refractivity contribution in [2.24, 2.45) is 0 Å². The molecule has 0 aliphatic heterocycles. The van der Waals surface area contributed by atoms with Crippen LogP contribution in [0.1, 0.15) is 23.2 Å². The van der Waals surface area contributed by atoms with Crippen molar-refractivity contribution in [3.05, 3.63) is 59.9 Å². The molecule has 6 heteroatoms. The molecule has 118 valence electrons. The molecule has 3 amide bonds. The summed E-state index contributed by atoms with van der Waals surface area (Å²) < 4.78 is 13.5. The van der Waals surface area contributed by atoms with Crippen LogP contribution in [0.2, 0.25) is 0 Å². The van der Waals surface area contributed by atoms with Crippen LogP contribution < -0.4 is 16.0 Å². The maximum Gasteiger partial charge on any atom is 0.323 e. The molecular weight excluding hydrogens is 297 g/mol. The summed E-state index contributed by atoms with van der Waals surface area (Å²) in [4.78, 5) is 23.7. The first-order chi connectivity index (χ1) is 11.1. The number of nitrogens with one attached hydrogen (secondary N) is 3. The fourth-order valence-corrected chi connectivity index (χ4v) is 2.05. The van der Waals surface area contributed by atoms with Gasteiger partial charge in [0.25, 0.3) is 5.91 Å². The predicted molar refractivity (Wildman–Crippen MR) is 86.0 cm³/mol. The van der Waals surface area contributed by atoms with Crippen LogP contribution in [-0.2, 0) is 0 Å². The highest BCUT2D eigenvalue weighted by Crippen LogP contribution is 2.20. The van der Waals surface area contributed by atoms with Gasteiger partial charge in [0.1, 0.15) is 5.82 Å². The van der Waals surface area contributed by atoms with Crippen LogP contribution in [-0.4, -0.2) is 18.0 Å². The lowest BCUT2D eigenvalue weighted by atomic mass is 10.2. The number of carbonyl (C=O) groups excluding carboxylic acids is 2. The summed E-state index contributed by atoms with van der Waals surface area (Å²) in [6.45, 7) is 0. The molecule has 0 bridgehead atoms. The SMILES string of the molecule is O=C(Nc1ccc(C(=O)NC2CC2)cc1)Nc1ccccc1F. The Hall–Kier alpha value is -2.89. The van der Waals surface area contributed by atoms with E-state index in [0.29, 0.717) is 17.3 Å². The molecule has 0 aromatic heterocycles. The summed E-state index contributed by atoms with van der Waals surface area (Å²) in [5, 5.41) is 7.90. The topological polar surface area (TPSA) is 70.2 Å². The molecule has 1 aliphatic rings. The third kappa shape index (κ3) is 4.06. The molecule has 1 saturated carbocycles. The number of hydrogen-bond donors (Lipinski definition) is 3. The molecule has 0 heterocycles. The van der Waals surface area contributed by atoms with E-state index in [1.807, 2.05) is 0 Å². The largest absolute Gasteiger partial charge is 0.349 e. The number of para-hydroxylation sites is 1. The van der Waals surface area contributed by atoms with Crippen molar-refractivity contribution in [1.29, 1.82) is 0 Å².